The van der Waals surface area contributed by atoms with Gasteiger partial charge >= 0.3 is 0 Å². The maximum Gasteiger partial charge on any atom is 0.294 e. The lowest BCUT2D eigenvalue weighted by atomic mass is 9.93. The third-order valence-corrected chi connectivity index (χ3v) is 6.88. The summed E-state index contributed by atoms with van der Waals surface area (Å²) in [6.45, 7) is 4.49. The molecule has 2 aromatic carbocycles. The molecule has 0 atom stereocenters. The minimum Gasteiger partial charge on any atom is -0.282 e. The van der Waals surface area contributed by atoms with Gasteiger partial charge < -0.3 is 0 Å². The van der Waals surface area contributed by atoms with Crippen LogP contribution in [-0.4, -0.2) is 13.0 Å². The summed E-state index contributed by atoms with van der Waals surface area (Å²) in [5, 5.41) is 1.95. The fraction of sp³-hybridized carbons (Fsp3) is 0.615. The fourth-order valence-electron chi connectivity index (χ4n) is 4.19. The van der Waals surface area contributed by atoms with Gasteiger partial charge in [0.1, 0.15) is 0 Å². The quantitative estimate of drug-likeness (QED) is 0.230. The highest BCUT2D eigenvalue weighted by molar-refractivity contribution is 7.85. The van der Waals surface area contributed by atoms with E-state index in [9.17, 15) is 13.0 Å². The van der Waals surface area contributed by atoms with Crippen molar-refractivity contribution in [2.24, 2.45) is 0 Å². The summed E-state index contributed by atoms with van der Waals surface area (Å²) >= 11 is 0. The summed E-state index contributed by atoms with van der Waals surface area (Å²) < 4.78 is 32.5. The number of benzene rings is 2. The van der Waals surface area contributed by atoms with Crippen LogP contribution in [0, 0.1) is 0 Å². The molecule has 1 N–H and O–H groups in total. The maximum absolute atomic E-state index is 11.5. The zero-order valence-corrected chi connectivity index (χ0v) is 19.8. The molecule has 3 nitrogen and oxygen atoms in total. The van der Waals surface area contributed by atoms with E-state index in [1.807, 2.05) is 6.07 Å². The maximum atomic E-state index is 11.5. The first-order chi connectivity index (χ1) is 14.5. The van der Waals surface area contributed by atoms with Crippen LogP contribution in [0.25, 0.3) is 10.8 Å². The highest BCUT2D eigenvalue weighted by Crippen LogP contribution is 2.26. The van der Waals surface area contributed by atoms with E-state index in [2.05, 4.69) is 26.0 Å². The lowest BCUT2D eigenvalue weighted by Crippen LogP contribution is -1.99. The Hall–Kier alpha value is -1.39. The summed E-state index contributed by atoms with van der Waals surface area (Å²) in [5.41, 5.74) is 2.75. The van der Waals surface area contributed by atoms with Gasteiger partial charge in [0, 0.05) is 0 Å². The van der Waals surface area contributed by atoms with Gasteiger partial charge in [0.25, 0.3) is 10.1 Å². The molecule has 0 amide bonds. The van der Waals surface area contributed by atoms with Gasteiger partial charge in [-0.1, -0.05) is 96.3 Å². The number of hydrogen-bond acceptors (Lipinski definition) is 2. The van der Waals surface area contributed by atoms with E-state index in [0.717, 1.165) is 23.6 Å². The molecule has 0 aliphatic heterocycles. The van der Waals surface area contributed by atoms with E-state index in [-0.39, 0.29) is 4.90 Å². The van der Waals surface area contributed by atoms with Crippen LogP contribution >= 0.6 is 0 Å². The van der Waals surface area contributed by atoms with Gasteiger partial charge in [0.2, 0.25) is 0 Å². The average molecular weight is 433 g/mol. The SMILES string of the molecule is CCCCCCCCc1cc2ccc(S(=O)(=O)O)cc2cc1CCCCCCCC. The van der Waals surface area contributed by atoms with Crippen LogP contribution in [0.15, 0.2) is 35.2 Å². The first kappa shape index (κ1) is 24.9. The van der Waals surface area contributed by atoms with Crippen LogP contribution in [0.4, 0.5) is 0 Å². The zero-order chi connectivity index (χ0) is 21.8. The summed E-state index contributed by atoms with van der Waals surface area (Å²) in [7, 11) is -4.17. The average Bonchev–Trinajstić information content (AvgIpc) is 2.72. The van der Waals surface area contributed by atoms with E-state index in [4.69, 9.17) is 0 Å². The van der Waals surface area contributed by atoms with Crippen molar-refractivity contribution in [1.82, 2.24) is 0 Å². The Bertz CT molecular complexity index is 871. The normalized spacial score (nSPS) is 12.0. The van der Waals surface area contributed by atoms with E-state index in [1.165, 1.54) is 94.2 Å². The minimum atomic E-state index is -4.17. The molecule has 168 valence electrons. The van der Waals surface area contributed by atoms with Crippen molar-refractivity contribution < 1.29 is 13.0 Å². The molecule has 0 aliphatic carbocycles. The molecule has 0 saturated heterocycles. The molecule has 0 saturated carbocycles. The molecule has 0 aliphatic rings. The Balaban J connectivity index is 2.11. The lowest BCUT2D eigenvalue weighted by molar-refractivity contribution is 0.483. The molecule has 4 heteroatoms. The molecule has 0 heterocycles. The molecule has 2 rings (SSSR count). The van der Waals surface area contributed by atoms with Gasteiger partial charge in [-0.3, -0.25) is 4.55 Å². The molecule has 0 unspecified atom stereocenters. The predicted octanol–water partition coefficient (Wildman–Crippen LogP) is 7.89. The molecule has 0 fully saturated rings. The first-order valence-electron chi connectivity index (χ1n) is 12.0. The Morgan fingerprint density at radius 2 is 1.10 bits per heavy atom. The number of fused-ring (bicyclic) bond motifs is 1. The van der Waals surface area contributed by atoms with Gasteiger partial charge in [0.05, 0.1) is 4.90 Å². The molecular weight excluding hydrogens is 392 g/mol. The largest absolute Gasteiger partial charge is 0.294 e. The Morgan fingerprint density at radius 1 is 0.633 bits per heavy atom. The fourth-order valence-corrected chi connectivity index (χ4v) is 4.70. The smallest absolute Gasteiger partial charge is 0.282 e. The van der Waals surface area contributed by atoms with Crippen LogP contribution in [0.3, 0.4) is 0 Å². The monoisotopic (exact) mass is 432 g/mol. The molecular formula is C26H40O3S. The number of rotatable bonds is 15. The predicted molar refractivity (Wildman–Crippen MR) is 128 cm³/mol. The second kappa shape index (κ2) is 13.1. The van der Waals surface area contributed by atoms with Gasteiger partial charge in [-0.25, -0.2) is 0 Å². The Labute approximate surface area is 184 Å². The summed E-state index contributed by atoms with van der Waals surface area (Å²) in [4.78, 5) is -0.0239. The molecule has 30 heavy (non-hydrogen) atoms. The zero-order valence-electron chi connectivity index (χ0n) is 19.0. The van der Waals surface area contributed by atoms with Crippen LogP contribution < -0.4 is 0 Å². The topological polar surface area (TPSA) is 54.4 Å². The van der Waals surface area contributed by atoms with Gasteiger partial charge in [-0.2, -0.15) is 8.42 Å². The van der Waals surface area contributed by atoms with Crippen molar-refractivity contribution in [3.05, 3.63) is 41.5 Å². The third-order valence-electron chi connectivity index (χ3n) is 6.03. The molecule has 2 aromatic rings. The number of hydrogen-bond donors (Lipinski definition) is 1. The van der Waals surface area contributed by atoms with Gasteiger partial charge in [0.15, 0.2) is 0 Å². The molecule has 0 aromatic heterocycles. The highest BCUT2D eigenvalue weighted by atomic mass is 32.2. The van der Waals surface area contributed by atoms with Crippen molar-refractivity contribution >= 4 is 20.9 Å². The van der Waals surface area contributed by atoms with Crippen molar-refractivity contribution in [3.8, 4) is 0 Å². The van der Waals surface area contributed by atoms with E-state index < -0.39 is 10.1 Å². The molecule has 0 radical (unpaired) electrons. The third kappa shape index (κ3) is 8.39. The van der Waals surface area contributed by atoms with Crippen LogP contribution in [0.1, 0.15) is 102 Å². The van der Waals surface area contributed by atoms with E-state index in [0.29, 0.717) is 0 Å². The first-order valence-corrected chi connectivity index (χ1v) is 13.4. The van der Waals surface area contributed by atoms with Gasteiger partial charge in [-0.15, -0.1) is 0 Å². The number of unbranched alkanes of at least 4 members (excludes halogenated alkanes) is 10. The van der Waals surface area contributed by atoms with E-state index in [1.54, 1.807) is 6.07 Å². The van der Waals surface area contributed by atoms with Crippen LogP contribution in [-0.2, 0) is 23.0 Å². The van der Waals surface area contributed by atoms with Crippen LogP contribution in [0.5, 0.6) is 0 Å². The van der Waals surface area contributed by atoms with Gasteiger partial charge in [-0.05, 0) is 59.7 Å². The van der Waals surface area contributed by atoms with Crippen molar-refractivity contribution in [2.45, 2.75) is 109 Å². The van der Waals surface area contributed by atoms with Crippen molar-refractivity contribution in [2.75, 3.05) is 0 Å². The highest BCUT2D eigenvalue weighted by Gasteiger charge is 2.12. The van der Waals surface area contributed by atoms with Crippen molar-refractivity contribution in [3.63, 3.8) is 0 Å². The van der Waals surface area contributed by atoms with Crippen LogP contribution in [0.2, 0.25) is 0 Å². The minimum absolute atomic E-state index is 0.0239. The second-order valence-electron chi connectivity index (χ2n) is 8.64. The number of aryl methyl sites for hydroxylation is 2. The lowest BCUT2D eigenvalue weighted by Gasteiger charge is -2.13. The van der Waals surface area contributed by atoms with E-state index >= 15 is 0 Å². The summed E-state index contributed by atoms with van der Waals surface area (Å²) in [5.74, 6) is 0. The molecule has 0 bridgehead atoms. The van der Waals surface area contributed by atoms with Crippen molar-refractivity contribution in [1.29, 1.82) is 0 Å². The molecule has 0 spiro atoms. The Kier molecular flexibility index (Phi) is 10.9. The second-order valence-corrected chi connectivity index (χ2v) is 10.1. The summed E-state index contributed by atoms with van der Waals surface area (Å²) in [6, 6.07) is 9.31. The standard InChI is InChI=1S/C26H40O3S/c1-3-5-7-9-11-13-15-22-19-24-17-18-26(30(27,28)29)21-25(24)20-23(22)16-14-12-10-8-6-4-2/h17-21H,3-16H2,1-2H3,(H,27,28,29). The summed E-state index contributed by atoms with van der Waals surface area (Å²) in [6.07, 6.45) is 17.5. The Morgan fingerprint density at radius 3 is 1.60 bits per heavy atom.